The second kappa shape index (κ2) is 8.35. The molecule has 0 fully saturated rings. The van der Waals surface area contributed by atoms with E-state index in [1.54, 1.807) is 7.11 Å². The van der Waals surface area contributed by atoms with Crippen LogP contribution in [0.5, 0.6) is 17.2 Å². The number of ether oxygens (including phenoxy) is 3. The maximum absolute atomic E-state index is 12.6. The molecule has 0 aliphatic carbocycles. The highest BCUT2D eigenvalue weighted by molar-refractivity contribution is 7.12. The van der Waals surface area contributed by atoms with Crippen molar-refractivity contribution in [2.75, 3.05) is 13.9 Å². The van der Waals surface area contributed by atoms with Crippen molar-refractivity contribution in [1.29, 1.82) is 0 Å². The lowest BCUT2D eigenvalue weighted by Gasteiger charge is -2.19. The maximum atomic E-state index is 12.6. The van der Waals surface area contributed by atoms with Crippen molar-refractivity contribution in [2.45, 2.75) is 18.9 Å². The molecule has 0 saturated carbocycles. The highest BCUT2D eigenvalue weighted by Gasteiger charge is 2.19. The summed E-state index contributed by atoms with van der Waals surface area (Å²) in [5.41, 5.74) is 2.23. The van der Waals surface area contributed by atoms with Crippen molar-refractivity contribution in [3.8, 4) is 17.2 Å². The van der Waals surface area contributed by atoms with Gasteiger partial charge in [0.05, 0.1) is 12.0 Å². The van der Waals surface area contributed by atoms with Crippen LogP contribution >= 0.6 is 11.3 Å². The Morgan fingerprint density at radius 3 is 2.57 bits per heavy atom. The third-order valence-corrected chi connectivity index (χ3v) is 5.51. The Bertz CT molecular complexity index is 938. The Balaban J connectivity index is 1.52. The Labute approximate surface area is 167 Å². The molecule has 5 nitrogen and oxygen atoms in total. The van der Waals surface area contributed by atoms with E-state index in [1.165, 1.54) is 11.3 Å². The molecule has 0 spiro atoms. The molecule has 3 aromatic rings. The molecule has 0 radical (unpaired) electrons. The predicted octanol–water partition coefficient (Wildman–Crippen LogP) is 4.07. The lowest BCUT2D eigenvalue weighted by molar-refractivity contribution is 0.0941. The molecule has 1 aliphatic heterocycles. The van der Waals surface area contributed by atoms with Crippen molar-refractivity contribution >= 4 is 17.2 Å². The van der Waals surface area contributed by atoms with E-state index in [2.05, 4.69) is 5.32 Å². The van der Waals surface area contributed by atoms with Gasteiger partial charge >= 0.3 is 0 Å². The molecule has 1 N–H and O–H groups in total. The van der Waals surface area contributed by atoms with Crippen LogP contribution in [0.15, 0.2) is 60.0 Å². The first kappa shape index (κ1) is 18.4. The highest BCUT2D eigenvalue weighted by atomic mass is 32.1. The Hall–Kier alpha value is -2.99. The van der Waals surface area contributed by atoms with Crippen molar-refractivity contribution in [2.24, 2.45) is 0 Å². The SMILES string of the molecule is COc1ccc(CC(Cc2ccc3c(c2)OCO3)NC(=O)c2cccs2)cc1. The van der Waals surface area contributed by atoms with Crippen LogP contribution in [-0.4, -0.2) is 25.9 Å². The second-order valence-corrected chi connectivity index (χ2v) is 7.54. The van der Waals surface area contributed by atoms with Gasteiger partial charge in [0.25, 0.3) is 5.91 Å². The zero-order valence-electron chi connectivity index (χ0n) is 15.5. The number of carbonyl (C=O) groups excluding carboxylic acids is 1. The smallest absolute Gasteiger partial charge is 0.261 e. The van der Waals surface area contributed by atoms with Crippen LogP contribution in [0.4, 0.5) is 0 Å². The number of benzene rings is 2. The van der Waals surface area contributed by atoms with E-state index in [-0.39, 0.29) is 18.7 Å². The van der Waals surface area contributed by atoms with E-state index in [4.69, 9.17) is 14.2 Å². The minimum atomic E-state index is -0.0524. The van der Waals surface area contributed by atoms with Crippen LogP contribution in [-0.2, 0) is 12.8 Å². The van der Waals surface area contributed by atoms with Gasteiger partial charge in [-0.2, -0.15) is 0 Å². The summed E-state index contributed by atoms with van der Waals surface area (Å²) in [4.78, 5) is 13.3. The first-order valence-corrected chi connectivity index (χ1v) is 9.95. The average molecular weight is 395 g/mol. The van der Waals surface area contributed by atoms with Gasteiger partial charge in [-0.1, -0.05) is 24.3 Å². The molecule has 1 unspecified atom stereocenters. The molecule has 4 rings (SSSR count). The fraction of sp³-hybridized carbons (Fsp3) is 0.227. The minimum Gasteiger partial charge on any atom is -0.497 e. The van der Waals surface area contributed by atoms with Gasteiger partial charge in [0.2, 0.25) is 6.79 Å². The number of fused-ring (bicyclic) bond motifs is 1. The number of amides is 1. The lowest BCUT2D eigenvalue weighted by Crippen LogP contribution is -2.37. The summed E-state index contributed by atoms with van der Waals surface area (Å²) < 4.78 is 16.1. The van der Waals surface area contributed by atoms with Gasteiger partial charge < -0.3 is 19.5 Å². The first-order chi connectivity index (χ1) is 13.7. The van der Waals surface area contributed by atoms with Gasteiger partial charge in [-0.15, -0.1) is 11.3 Å². The van der Waals surface area contributed by atoms with Gasteiger partial charge in [0.15, 0.2) is 11.5 Å². The topological polar surface area (TPSA) is 56.8 Å². The molecule has 6 heteroatoms. The van der Waals surface area contributed by atoms with Crippen molar-refractivity contribution in [3.63, 3.8) is 0 Å². The fourth-order valence-corrected chi connectivity index (χ4v) is 3.86. The van der Waals surface area contributed by atoms with Crippen LogP contribution < -0.4 is 19.5 Å². The lowest BCUT2D eigenvalue weighted by atomic mass is 9.98. The van der Waals surface area contributed by atoms with Crippen molar-refractivity contribution < 1.29 is 19.0 Å². The standard InChI is InChI=1S/C22H21NO4S/c1-25-18-7-4-15(5-8-18)11-17(23-22(24)21-3-2-10-28-21)12-16-6-9-19-20(13-16)27-14-26-19/h2-10,13,17H,11-12,14H2,1H3,(H,23,24). The average Bonchev–Trinajstić information content (AvgIpc) is 3.40. The Morgan fingerprint density at radius 2 is 1.82 bits per heavy atom. The first-order valence-electron chi connectivity index (χ1n) is 9.07. The van der Waals surface area contributed by atoms with Crippen molar-refractivity contribution in [3.05, 3.63) is 76.0 Å². The molecule has 0 saturated heterocycles. The monoisotopic (exact) mass is 395 g/mol. The quantitative estimate of drug-likeness (QED) is 0.655. The fourth-order valence-electron chi connectivity index (χ4n) is 3.24. The largest absolute Gasteiger partial charge is 0.497 e. The molecule has 144 valence electrons. The molecule has 1 atom stereocenters. The maximum Gasteiger partial charge on any atom is 0.261 e. The summed E-state index contributed by atoms with van der Waals surface area (Å²) in [6, 6.07) is 17.5. The number of hydrogen-bond donors (Lipinski definition) is 1. The van der Waals surface area contributed by atoms with Crippen LogP contribution in [0.3, 0.4) is 0 Å². The molecule has 1 aromatic heterocycles. The normalized spacial score (nSPS) is 13.2. The van der Waals surface area contributed by atoms with Gasteiger partial charge in [0, 0.05) is 6.04 Å². The molecule has 1 amide bonds. The molecular weight excluding hydrogens is 374 g/mol. The van der Waals surface area contributed by atoms with Crippen LogP contribution in [0, 0.1) is 0 Å². The van der Waals surface area contributed by atoms with E-state index in [1.807, 2.05) is 60.0 Å². The van der Waals surface area contributed by atoms with Gasteiger partial charge in [-0.3, -0.25) is 4.79 Å². The zero-order valence-corrected chi connectivity index (χ0v) is 16.3. The highest BCUT2D eigenvalue weighted by Crippen LogP contribution is 2.33. The Kier molecular flexibility index (Phi) is 5.48. The van der Waals surface area contributed by atoms with Gasteiger partial charge in [0.1, 0.15) is 5.75 Å². The number of methoxy groups -OCH3 is 1. The summed E-state index contributed by atoms with van der Waals surface area (Å²) >= 11 is 1.44. The van der Waals surface area contributed by atoms with Gasteiger partial charge in [-0.05, 0) is 59.7 Å². The summed E-state index contributed by atoms with van der Waals surface area (Å²) in [5.74, 6) is 2.29. The third kappa shape index (κ3) is 4.28. The third-order valence-electron chi connectivity index (χ3n) is 4.64. The number of carbonyl (C=O) groups is 1. The van der Waals surface area contributed by atoms with E-state index in [9.17, 15) is 4.79 Å². The second-order valence-electron chi connectivity index (χ2n) is 6.59. The van der Waals surface area contributed by atoms with E-state index in [0.717, 1.165) is 34.8 Å². The number of thiophene rings is 1. The molecule has 0 bridgehead atoms. The predicted molar refractivity (Wildman–Crippen MR) is 109 cm³/mol. The van der Waals surface area contributed by atoms with Crippen molar-refractivity contribution in [1.82, 2.24) is 5.32 Å². The molecule has 1 aliphatic rings. The molecule has 28 heavy (non-hydrogen) atoms. The summed E-state index contributed by atoms with van der Waals surface area (Å²) in [7, 11) is 1.65. The number of nitrogens with one attached hydrogen (secondary N) is 1. The van der Waals surface area contributed by atoms with E-state index < -0.39 is 0 Å². The summed E-state index contributed by atoms with van der Waals surface area (Å²) in [5, 5.41) is 5.09. The minimum absolute atomic E-state index is 0.0470. The van der Waals surface area contributed by atoms with Crippen LogP contribution in [0.1, 0.15) is 20.8 Å². The molecule has 2 aromatic carbocycles. The number of hydrogen-bond acceptors (Lipinski definition) is 5. The molecular formula is C22H21NO4S. The van der Waals surface area contributed by atoms with E-state index >= 15 is 0 Å². The van der Waals surface area contributed by atoms with E-state index in [0.29, 0.717) is 11.3 Å². The van der Waals surface area contributed by atoms with Crippen LogP contribution in [0.2, 0.25) is 0 Å². The summed E-state index contributed by atoms with van der Waals surface area (Å²) in [6.07, 6.45) is 1.41. The zero-order chi connectivity index (χ0) is 19.3. The molecule has 2 heterocycles. The van der Waals surface area contributed by atoms with Gasteiger partial charge in [-0.25, -0.2) is 0 Å². The summed E-state index contributed by atoms with van der Waals surface area (Å²) in [6.45, 7) is 0.253. The van der Waals surface area contributed by atoms with Crippen LogP contribution in [0.25, 0.3) is 0 Å². The number of rotatable bonds is 7. The Morgan fingerprint density at radius 1 is 1.07 bits per heavy atom.